The number of anilines is 1. The maximum Gasteiger partial charge on any atom is 0.200 e. The van der Waals surface area contributed by atoms with E-state index in [1.165, 1.54) is 0 Å². The summed E-state index contributed by atoms with van der Waals surface area (Å²) >= 11 is 0. The summed E-state index contributed by atoms with van der Waals surface area (Å²) in [6, 6.07) is 13.4. The van der Waals surface area contributed by atoms with E-state index in [2.05, 4.69) is 25.6 Å². The molecule has 4 rings (SSSR count). The summed E-state index contributed by atoms with van der Waals surface area (Å²) in [6.45, 7) is 2.58. The van der Waals surface area contributed by atoms with Crippen LogP contribution in [0.1, 0.15) is 6.92 Å². The second kappa shape index (κ2) is 7.91. The van der Waals surface area contributed by atoms with Crippen molar-refractivity contribution in [3.63, 3.8) is 0 Å². The van der Waals surface area contributed by atoms with Crippen molar-refractivity contribution >= 4 is 11.3 Å². The zero-order valence-electron chi connectivity index (χ0n) is 15.6. The van der Waals surface area contributed by atoms with Gasteiger partial charge in [0.05, 0.1) is 31.2 Å². The lowest BCUT2D eigenvalue weighted by Crippen LogP contribution is -2.23. The van der Waals surface area contributed by atoms with Crippen LogP contribution in [0.4, 0.5) is 5.69 Å². The highest BCUT2D eigenvalue weighted by Crippen LogP contribution is 2.25. The first-order chi connectivity index (χ1) is 13.7. The van der Waals surface area contributed by atoms with E-state index in [0.717, 1.165) is 28.4 Å². The summed E-state index contributed by atoms with van der Waals surface area (Å²) in [5, 5.41) is 16.1. The first-order valence-corrected chi connectivity index (χ1v) is 8.89. The Morgan fingerprint density at radius 2 is 2.00 bits per heavy atom. The van der Waals surface area contributed by atoms with Crippen molar-refractivity contribution < 1.29 is 9.47 Å². The van der Waals surface area contributed by atoms with E-state index in [4.69, 9.17) is 9.47 Å². The fourth-order valence-electron chi connectivity index (χ4n) is 2.80. The van der Waals surface area contributed by atoms with Crippen LogP contribution in [0, 0.1) is 0 Å². The standard InChI is InChI=1S/C20H20N6O2/c1-14(28-17-4-3-9-21-12-17)11-22-19-10-18(25-26-13-23-24-20(19)26)15-5-7-16(27-2)8-6-15/h3-10,12-14,22H,11H2,1-2H3. The molecular formula is C20H20N6O2. The van der Waals surface area contributed by atoms with Crippen LogP contribution in [0.3, 0.4) is 0 Å². The van der Waals surface area contributed by atoms with Crippen LogP contribution in [0.5, 0.6) is 11.5 Å². The number of aromatic nitrogens is 5. The third-order valence-electron chi connectivity index (χ3n) is 4.21. The van der Waals surface area contributed by atoms with Gasteiger partial charge in [-0.05, 0) is 49.4 Å². The molecule has 142 valence electrons. The lowest BCUT2D eigenvalue weighted by Gasteiger charge is -2.16. The number of methoxy groups -OCH3 is 1. The largest absolute Gasteiger partial charge is 0.497 e. The molecule has 0 amide bonds. The normalized spacial score (nSPS) is 11.9. The van der Waals surface area contributed by atoms with Gasteiger partial charge in [-0.2, -0.15) is 9.61 Å². The number of nitrogens with one attached hydrogen (secondary N) is 1. The molecule has 0 saturated carbocycles. The predicted molar refractivity (Wildman–Crippen MR) is 106 cm³/mol. The van der Waals surface area contributed by atoms with E-state index in [-0.39, 0.29) is 6.10 Å². The Balaban J connectivity index is 1.55. The molecule has 0 aliphatic heterocycles. The van der Waals surface area contributed by atoms with Crippen LogP contribution >= 0.6 is 0 Å². The van der Waals surface area contributed by atoms with Crippen molar-refractivity contribution in [1.29, 1.82) is 0 Å². The van der Waals surface area contributed by atoms with Crippen molar-refractivity contribution in [2.45, 2.75) is 13.0 Å². The molecular weight excluding hydrogens is 356 g/mol. The minimum absolute atomic E-state index is 0.0650. The Bertz CT molecular complexity index is 1050. The third-order valence-corrected chi connectivity index (χ3v) is 4.21. The molecule has 1 N–H and O–H groups in total. The van der Waals surface area contributed by atoms with Gasteiger partial charge in [-0.15, -0.1) is 10.2 Å². The van der Waals surface area contributed by atoms with Crippen LogP contribution < -0.4 is 14.8 Å². The molecule has 8 heteroatoms. The number of hydrogen-bond donors (Lipinski definition) is 1. The smallest absolute Gasteiger partial charge is 0.200 e. The molecule has 0 aliphatic carbocycles. The topological polar surface area (TPSA) is 86.5 Å². The summed E-state index contributed by atoms with van der Waals surface area (Å²) in [7, 11) is 1.65. The highest BCUT2D eigenvalue weighted by atomic mass is 16.5. The van der Waals surface area contributed by atoms with E-state index >= 15 is 0 Å². The van der Waals surface area contributed by atoms with Crippen molar-refractivity contribution in [3.8, 4) is 22.8 Å². The van der Waals surface area contributed by atoms with Gasteiger partial charge in [-0.1, -0.05) is 0 Å². The Kier molecular flexibility index (Phi) is 5.01. The Morgan fingerprint density at radius 1 is 1.14 bits per heavy atom. The van der Waals surface area contributed by atoms with Crippen molar-refractivity contribution in [2.75, 3.05) is 19.0 Å². The lowest BCUT2D eigenvalue weighted by atomic mass is 10.1. The number of fused-ring (bicyclic) bond motifs is 1. The zero-order chi connectivity index (χ0) is 19.3. The summed E-state index contributed by atoms with van der Waals surface area (Å²) in [6.07, 6.45) is 4.93. The number of hydrogen-bond acceptors (Lipinski definition) is 7. The fourth-order valence-corrected chi connectivity index (χ4v) is 2.80. The molecule has 1 unspecified atom stereocenters. The van der Waals surface area contributed by atoms with E-state index < -0.39 is 0 Å². The molecule has 0 fully saturated rings. The van der Waals surface area contributed by atoms with E-state index in [0.29, 0.717) is 12.2 Å². The first kappa shape index (κ1) is 17.7. The van der Waals surface area contributed by atoms with E-state index in [1.54, 1.807) is 30.3 Å². The first-order valence-electron chi connectivity index (χ1n) is 8.89. The minimum atomic E-state index is -0.0650. The second-order valence-electron chi connectivity index (χ2n) is 6.27. The van der Waals surface area contributed by atoms with Gasteiger partial charge in [0.1, 0.15) is 23.9 Å². The number of pyridine rings is 1. The molecule has 1 atom stereocenters. The van der Waals surface area contributed by atoms with E-state index in [9.17, 15) is 0 Å². The molecule has 0 radical (unpaired) electrons. The van der Waals surface area contributed by atoms with Gasteiger partial charge in [0.2, 0.25) is 5.65 Å². The Labute approximate surface area is 162 Å². The predicted octanol–water partition coefficient (Wildman–Crippen LogP) is 3.07. The summed E-state index contributed by atoms with van der Waals surface area (Å²) in [4.78, 5) is 4.06. The monoisotopic (exact) mass is 376 g/mol. The number of ether oxygens (including phenoxy) is 2. The molecule has 28 heavy (non-hydrogen) atoms. The van der Waals surface area contributed by atoms with Gasteiger partial charge in [-0.3, -0.25) is 4.98 Å². The molecule has 3 aromatic heterocycles. The third kappa shape index (κ3) is 3.85. The molecule has 0 saturated heterocycles. The van der Waals surface area contributed by atoms with E-state index in [1.807, 2.05) is 49.4 Å². The quantitative estimate of drug-likeness (QED) is 0.530. The fraction of sp³-hybridized carbons (Fsp3) is 0.200. The maximum absolute atomic E-state index is 5.87. The maximum atomic E-state index is 5.87. The average molecular weight is 376 g/mol. The van der Waals surface area contributed by atoms with Gasteiger partial charge in [0, 0.05) is 11.8 Å². The van der Waals surface area contributed by atoms with Crippen LogP contribution in [0.2, 0.25) is 0 Å². The number of rotatable bonds is 7. The van der Waals surface area contributed by atoms with Crippen molar-refractivity contribution in [1.82, 2.24) is 24.8 Å². The molecule has 0 bridgehead atoms. The zero-order valence-corrected chi connectivity index (χ0v) is 15.6. The van der Waals surface area contributed by atoms with Gasteiger partial charge in [-0.25, -0.2) is 0 Å². The molecule has 0 spiro atoms. The Morgan fingerprint density at radius 3 is 2.75 bits per heavy atom. The molecule has 1 aromatic carbocycles. The minimum Gasteiger partial charge on any atom is -0.497 e. The summed E-state index contributed by atoms with van der Waals surface area (Å²) in [5.74, 6) is 1.53. The SMILES string of the molecule is COc1ccc(-c2cc(NCC(C)Oc3cccnc3)c3nncn3n2)cc1. The average Bonchev–Trinajstić information content (AvgIpc) is 3.21. The molecule has 8 nitrogen and oxygen atoms in total. The molecule has 3 heterocycles. The Hall–Kier alpha value is -3.68. The van der Waals surface area contributed by atoms with Gasteiger partial charge < -0.3 is 14.8 Å². The number of nitrogens with zero attached hydrogens (tertiary/aromatic N) is 5. The highest BCUT2D eigenvalue weighted by Gasteiger charge is 2.12. The van der Waals surface area contributed by atoms with Crippen LogP contribution in [-0.2, 0) is 0 Å². The van der Waals surface area contributed by atoms with Gasteiger partial charge in [0.15, 0.2) is 0 Å². The highest BCUT2D eigenvalue weighted by molar-refractivity contribution is 5.73. The summed E-state index contributed by atoms with van der Waals surface area (Å²) < 4.78 is 12.8. The molecule has 0 aliphatic rings. The van der Waals surface area contributed by atoms with Gasteiger partial charge >= 0.3 is 0 Å². The summed E-state index contributed by atoms with van der Waals surface area (Å²) in [5.41, 5.74) is 3.27. The van der Waals surface area contributed by atoms with Crippen molar-refractivity contribution in [3.05, 3.63) is 61.2 Å². The molecule has 4 aromatic rings. The second-order valence-corrected chi connectivity index (χ2v) is 6.27. The van der Waals surface area contributed by atoms with Crippen LogP contribution in [0.25, 0.3) is 16.9 Å². The van der Waals surface area contributed by atoms with Crippen LogP contribution in [-0.4, -0.2) is 44.6 Å². The number of benzene rings is 1. The van der Waals surface area contributed by atoms with Crippen molar-refractivity contribution in [2.24, 2.45) is 0 Å². The lowest BCUT2D eigenvalue weighted by molar-refractivity contribution is 0.234. The van der Waals surface area contributed by atoms with Crippen LogP contribution in [0.15, 0.2) is 61.2 Å². The van der Waals surface area contributed by atoms with Gasteiger partial charge in [0.25, 0.3) is 0 Å².